The molecule has 1 heterocycles. The summed E-state index contributed by atoms with van der Waals surface area (Å²) in [6.45, 7) is 17.0. The lowest BCUT2D eigenvalue weighted by Crippen LogP contribution is -2.50. The lowest BCUT2D eigenvalue weighted by atomic mass is 10.1. The number of rotatable bonds is 9. The molecule has 33 heavy (non-hydrogen) atoms. The minimum atomic E-state index is -2.37. The number of aliphatic hydroxyl groups is 1. The predicted octanol–water partition coefficient (Wildman–Crippen LogP) is 5.10. The third-order valence-electron chi connectivity index (χ3n) is 6.60. The van der Waals surface area contributed by atoms with Gasteiger partial charge < -0.3 is 24.3 Å². The monoisotopic (exact) mass is 478 g/mol. The number of nitrogens with zero attached hydrogens (tertiary/aromatic N) is 1. The number of carbonyl (C=O) groups is 2. The highest BCUT2D eigenvalue weighted by molar-refractivity contribution is 6.78. The van der Waals surface area contributed by atoms with Gasteiger partial charge in [0, 0.05) is 12.6 Å². The quantitative estimate of drug-likeness (QED) is 0.336. The Morgan fingerprint density at radius 3 is 2.18 bits per heavy atom. The van der Waals surface area contributed by atoms with Crippen molar-refractivity contribution in [3.8, 4) is 11.5 Å². The molecule has 1 aromatic carbocycles. The number of anilines is 1. The number of carboxylic acid groups (broad SMARTS) is 1. The topological polar surface area (TPSA) is 108 Å². The highest BCUT2D eigenvalue weighted by atomic mass is 28.4. The van der Waals surface area contributed by atoms with Crippen molar-refractivity contribution < 1.29 is 29.0 Å². The third-order valence-corrected chi connectivity index (χ3v) is 12.6. The van der Waals surface area contributed by atoms with Crippen molar-refractivity contribution in [3.63, 3.8) is 0 Å². The van der Waals surface area contributed by atoms with E-state index >= 15 is 0 Å². The standard InChI is InChI=1S/C24H38N2O6Si/c1-14(2)33(15(3)4,16(5)6)32-22-11-20(25-24(29)30)19(10-21(22)31-8)23(28)26-12-17(7)9-18(26)13-27/h10-11,14-16,18,25,27H,7,9,12-13H2,1-6,8H3,(H,29,30). The Bertz CT molecular complexity index is 877. The maximum Gasteiger partial charge on any atom is 0.409 e. The zero-order chi connectivity index (χ0) is 25.1. The van der Waals surface area contributed by atoms with Gasteiger partial charge >= 0.3 is 6.09 Å². The first kappa shape index (κ1) is 26.7. The Morgan fingerprint density at radius 2 is 1.73 bits per heavy atom. The average Bonchev–Trinajstić information content (AvgIpc) is 3.11. The Morgan fingerprint density at radius 1 is 1.15 bits per heavy atom. The number of likely N-dealkylation sites (tertiary alicyclic amines) is 1. The van der Waals surface area contributed by atoms with Gasteiger partial charge in [-0.05, 0) is 29.1 Å². The zero-order valence-electron chi connectivity index (χ0n) is 20.8. The van der Waals surface area contributed by atoms with Crippen molar-refractivity contribution in [2.45, 2.75) is 70.6 Å². The second kappa shape index (κ2) is 10.6. The van der Waals surface area contributed by atoms with E-state index in [-0.39, 0.29) is 17.9 Å². The van der Waals surface area contributed by atoms with Gasteiger partial charge in [0.2, 0.25) is 0 Å². The molecule has 1 aliphatic rings. The van der Waals surface area contributed by atoms with Crippen LogP contribution >= 0.6 is 0 Å². The molecule has 8 nitrogen and oxygen atoms in total. The molecule has 1 unspecified atom stereocenters. The summed E-state index contributed by atoms with van der Waals surface area (Å²) in [7, 11) is -0.872. The van der Waals surface area contributed by atoms with E-state index in [2.05, 4.69) is 53.4 Å². The Balaban J connectivity index is 2.63. The van der Waals surface area contributed by atoms with Crippen LogP contribution in [0.25, 0.3) is 0 Å². The summed E-state index contributed by atoms with van der Waals surface area (Å²) in [4.78, 5) is 26.5. The van der Waals surface area contributed by atoms with Crippen molar-refractivity contribution in [2.75, 3.05) is 25.6 Å². The molecule has 9 heteroatoms. The van der Waals surface area contributed by atoms with Gasteiger partial charge in [-0.2, -0.15) is 0 Å². The van der Waals surface area contributed by atoms with Crippen LogP contribution in [-0.4, -0.2) is 61.7 Å². The molecule has 0 radical (unpaired) electrons. The molecule has 0 aromatic heterocycles. The Hall–Kier alpha value is -2.52. The number of aliphatic hydroxyl groups excluding tert-OH is 1. The van der Waals surface area contributed by atoms with E-state index in [1.54, 1.807) is 6.07 Å². The van der Waals surface area contributed by atoms with Crippen LogP contribution in [0.3, 0.4) is 0 Å². The molecule has 3 N–H and O–H groups in total. The highest BCUT2D eigenvalue weighted by Crippen LogP contribution is 2.46. The molecule has 2 rings (SSSR count). The van der Waals surface area contributed by atoms with Crippen LogP contribution < -0.4 is 14.5 Å². The molecule has 184 valence electrons. The minimum Gasteiger partial charge on any atom is -0.540 e. The molecular weight excluding hydrogens is 440 g/mol. The molecule has 1 aromatic rings. The molecule has 0 spiro atoms. The Kier molecular flexibility index (Phi) is 8.59. The van der Waals surface area contributed by atoms with Crippen LogP contribution in [0.5, 0.6) is 11.5 Å². The number of amides is 2. The lowest BCUT2D eigenvalue weighted by molar-refractivity contribution is 0.0680. The van der Waals surface area contributed by atoms with Crippen molar-refractivity contribution in [3.05, 3.63) is 29.8 Å². The SMILES string of the molecule is C=C1CC(CO)N(C(=O)c2cc(OC)c(O[Si](C(C)C)(C(C)C)C(C)C)cc2NC(=O)O)C1. The Labute approximate surface area is 197 Å². The largest absolute Gasteiger partial charge is 0.540 e. The molecule has 1 fully saturated rings. The number of methoxy groups -OCH3 is 1. The molecule has 0 aliphatic carbocycles. The fourth-order valence-corrected chi connectivity index (χ4v) is 10.4. The van der Waals surface area contributed by atoms with Crippen LogP contribution in [0, 0.1) is 0 Å². The summed E-state index contributed by atoms with van der Waals surface area (Å²) in [5, 5.41) is 21.5. The van der Waals surface area contributed by atoms with E-state index in [1.165, 1.54) is 18.1 Å². The third kappa shape index (κ3) is 5.35. The van der Waals surface area contributed by atoms with Gasteiger partial charge in [-0.1, -0.05) is 53.7 Å². The van der Waals surface area contributed by atoms with Crippen molar-refractivity contribution in [1.29, 1.82) is 0 Å². The number of hydrogen-bond donors (Lipinski definition) is 3. The van der Waals surface area contributed by atoms with Gasteiger partial charge in [-0.25, -0.2) is 4.79 Å². The van der Waals surface area contributed by atoms with E-state index in [1.807, 2.05) is 0 Å². The van der Waals surface area contributed by atoms with E-state index in [4.69, 9.17) is 9.16 Å². The number of carbonyl (C=O) groups excluding carboxylic acids is 1. The van der Waals surface area contributed by atoms with E-state index in [0.29, 0.717) is 41.1 Å². The number of ether oxygens (including phenoxy) is 1. The molecule has 1 saturated heterocycles. The van der Waals surface area contributed by atoms with Crippen LogP contribution in [0.1, 0.15) is 58.3 Å². The summed E-state index contributed by atoms with van der Waals surface area (Å²) in [5.41, 5.74) is 1.97. The summed E-state index contributed by atoms with van der Waals surface area (Å²) in [6, 6.07) is 2.68. The second-order valence-corrected chi connectivity index (χ2v) is 15.0. The first-order chi connectivity index (χ1) is 15.4. The predicted molar refractivity (Wildman–Crippen MR) is 132 cm³/mol. The van der Waals surface area contributed by atoms with E-state index in [0.717, 1.165) is 5.57 Å². The van der Waals surface area contributed by atoms with Crippen molar-refractivity contribution in [2.24, 2.45) is 0 Å². The second-order valence-electron chi connectivity index (χ2n) is 9.62. The molecule has 1 atom stereocenters. The van der Waals surface area contributed by atoms with Gasteiger partial charge in [0.05, 0.1) is 31.0 Å². The summed E-state index contributed by atoms with van der Waals surface area (Å²) in [6.07, 6.45) is -0.780. The molecule has 1 aliphatic heterocycles. The van der Waals surface area contributed by atoms with Crippen LogP contribution in [0.4, 0.5) is 10.5 Å². The molecular formula is C24H38N2O6Si. The summed E-state index contributed by atoms with van der Waals surface area (Å²) < 4.78 is 12.4. The van der Waals surface area contributed by atoms with Gasteiger partial charge in [0.15, 0.2) is 5.75 Å². The molecule has 0 bridgehead atoms. The van der Waals surface area contributed by atoms with Gasteiger partial charge in [0.25, 0.3) is 14.2 Å². The smallest absolute Gasteiger partial charge is 0.409 e. The van der Waals surface area contributed by atoms with Gasteiger partial charge in [-0.3, -0.25) is 10.1 Å². The average molecular weight is 479 g/mol. The van der Waals surface area contributed by atoms with Crippen LogP contribution in [0.15, 0.2) is 24.3 Å². The van der Waals surface area contributed by atoms with Crippen molar-refractivity contribution >= 4 is 26.0 Å². The number of hydrogen-bond acceptors (Lipinski definition) is 5. The highest BCUT2D eigenvalue weighted by Gasteiger charge is 2.47. The van der Waals surface area contributed by atoms with Crippen LogP contribution in [-0.2, 0) is 0 Å². The minimum absolute atomic E-state index is 0.122. The fourth-order valence-electron chi connectivity index (χ4n) is 5.17. The summed E-state index contributed by atoms with van der Waals surface area (Å²) in [5.74, 6) is 0.387. The van der Waals surface area contributed by atoms with Gasteiger partial charge in [0.1, 0.15) is 5.75 Å². The van der Waals surface area contributed by atoms with Gasteiger partial charge in [-0.15, -0.1) is 0 Å². The number of benzene rings is 1. The van der Waals surface area contributed by atoms with E-state index in [9.17, 15) is 19.8 Å². The normalized spacial score (nSPS) is 16.6. The summed E-state index contributed by atoms with van der Waals surface area (Å²) >= 11 is 0. The van der Waals surface area contributed by atoms with Crippen molar-refractivity contribution in [1.82, 2.24) is 4.90 Å². The first-order valence-electron chi connectivity index (χ1n) is 11.4. The van der Waals surface area contributed by atoms with E-state index < -0.39 is 26.4 Å². The zero-order valence-corrected chi connectivity index (χ0v) is 21.8. The fraction of sp³-hybridized carbons (Fsp3) is 0.583. The first-order valence-corrected chi connectivity index (χ1v) is 13.5. The maximum atomic E-state index is 13.4. The van der Waals surface area contributed by atoms with Crippen LogP contribution in [0.2, 0.25) is 16.6 Å². The lowest BCUT2D eigenvalue weighted by Gasteiger charge is -2.42. The maximum absolute atomic E-state index is 13.4. The molecule has 2 amide bonds. The number of nitrogens with one attached hydrogen (secondary N) is 1. The molecule has 0 saturated carbocycles.